The number of hydrogen-bond donors (Lipinski definition) is 0. The van der Waals surface area contributed by atoms with E-state index in [4.69, 9.17) is 4.74 Å². The van der Waals surface area contributed by atoms with E-state index >= 15 is 0 Å². The maximum atomic E-state index is 5.68. The van der Waals surface area contributed by atoms with Crippen molar-refractivity contribution in [1.29, 1.82) is 0 Å². The molecule has 0 spiro atoms. The fraction of sp³-hybridized carbons (Fsp3) is 0.154. The van der Waals surface area contributed by atoms with Crippen LogP contribution in [0.5, 0.6) is 5.75 Å². The Morgan fingerprint density at radius 3 is 2.62 bits per heavy atom. The standard InChI is InChI=1S/C13H12BrNO/c1-10-7-12(8-13(14)15-10)16-9-11-5-3-2-4-6-11/h2-8H,9H2,1H3. The van der Waals surface area contributed by atoms with Crippen LogP contribution >= 0.6 is 15.9 Å². The van der Waals surface area contributed by atoms with Crippen LogP contribution in [-0.4, -0.2) is 4.98 Å². The van der Waals surface area contributed by atoms with E-state index in [1.54, 1.807) is 0 Å². The van der Waals surface area contributed by atoms with E-state index in [0.717, 1.165) is 21.6 Å². The molecular formula is C13H12BrNO. The number of aryl methyl sites for hydroxylation is 1. The number of ether oxygens (including phenoxy) is 1. The Kier molecular flexibility index (Phi) is 3.57. The smallest absolute Gasteiger partial charge is 0.124 e. The normalized spacial score (nSPS) is 10.1. The molecule has 0 aliphatic heterocycles. The maximum absolute atomic E-state index is 5.68. The summed E-state index contributed by atoms with van der Waals surface area (Å²) >= 11 is 3.35. The van der Waals surface area contributed by atoms with Gasteiger partial charge in [-0.15, -0.1) is 0 Å². The second kappa shape index (κ2) is 5.12. The van der Waals surface area contributed by atoms with Crippen molar-refractivity contribution >= 4 is 15.9 Å². The Morgan fingerprint density at radius 2 is 1.94 bits per heavy atom. The van der Waals surface area contributed by atoms with Gasteiger partial charge in [0.25, 0.3) is 0 Å². The number of halogens is 1. The molecule has 82 valence electrons. The summed E-state index contributed by atoms with van der Waals surface area (Å²) in [6.45, 7) is 2.52. The summed E-state index contributed by atoms with van der Waals surface area (Å²) in [5.41, 5.74) is 2.10. The van der Waals surface area contributed by atoms with E-state index in [-0.39, 0.29) is 0 Å². The van der Waals surface area contributed by atoms with Gasteiger partial charge in [-0.05, 0) is 28.4 Å². The molecule has 0 saturated heterocycles. The summed E-state index contributed by atoms with van der Waals surface area (Å²) in [6, 6.07) is 13.9. The van der Waals surface area contributed by atoms with Crippen molar-refractivity contribution in [3.63, 3.8) is 0 Å². The second-order valence-electron chi connectivity index (χ2n) is 3.54. The molecular weight excluding hydrogens is 266 g/mol. The molecule has 2 aromatic rings. The zero-order valence-electron chi connectivity index (χ0n) is 8.98. The number of nitrogens with zero attached hydrogens (tertiary/aromatic N) is 1. The van der Waals surface area contributed by atoms with Crippen molar-refractivity contribution in [3.05, 3.63) is 58.3 Å². The number of benzene rings is 1. The summed E-state index contributed by atoms with van der Waals surface area (Å²) in [6.07, 6.45) is 0. The Balaban J connectivity index is 2.05. The second-order valence-corrected chi connectivity index (χ2v) is 4.35. The van der Waals surface area contributed by atoms with Gasteiger partial charge in [0.15, 0.2) is 0 Å². The first-order valence-electron chi connectivity index (χ1n) is 5.05. The fourth-order valence-corrected chi connectivity index (χ4v) is 1.93. The molecule has 0 atom stereocenters. The van der Waals surface area contributed by atoms with Crippen molar-refractivity contribution < 1.29 is 4.74 Å². The summed E-state index contributed by atoms with van der Waals surface area (Å²) in [5, 5.41) is 0. The van der Waals surface area contributed by atoms with Crippen molar-refractivity contribution in [1.82, 2.24) is 4.98 Å². The van der Waals surface area contributed by atoms with Crippen LogP contribution in [0.2, 0.25) is 0 Å². The largest absolute Gasteiger partial charge is 0.489 e. The van der Waals surface area contributed by atoms with E-state index in [1.165, 1.54) is 0 Å². The topological polar surface area (TPSA) is 22.1 Å². The van der Waals surface area contributed by atoms with Gasteiger partial charge >= 0.3 is 0 Å². The molecule has 0 amide bonds. The molecule has 1 aromatic carbocycles. The zero-order valence-corrected chi connectivity index (χ0v) is 10.6. The average Bonchev–Trinajstić information content (AvgIpc) is 2.27. The molecule has 0 bridgehead atoms. The highest BCUT2D eigenvalue weighted by Gasteiger charge is 1.99. The summed E-state index contributed by atoms with van der Waals surface area (Å²) in [7, 11) is 0. The van der Waals surface area contributed by atoms with Crippen molar-refractivity contribution in [3.8, 4) is 5.75 Å². The van der Waals surface area contributed by atoms with Gasteiger partial charge in [-0.3, -0.25) is 0 Å². The molecule has 2 rings (SSSR count). The van der Waals surface area contributed by atoms with Crippen LogP contribution < -0.4 is 4.74 Å². The number of aromatic nitrogens is 1. The Bertz CT molecular complexity index is 450. The lowest BCUT2D eigenvalue weighted by molar-refractivity contribution is 0.305. The van der Waals surface area contributed by atoms with Crippen molar-refractivity contribution in [2.75, 3.05) is 0 Å². The van der Waals surface area contributed by atoms with Gasteiger partial charge < -0.3 is 4.74 Å². The predicted octanol–water partition coefficient (Wildman–Crippen LogP) is 3.73. The SMILES string of the molecule is Cc1cc(OCc2ccccc2)cc(Br)n1. The van der Waals surface area contributed by atoms with Gasteiger partial charge in [0, 0.05) is 17.8 Å². The van der Waals surface area contributed by atoms with E-state index in [0.29, 0.717) is 6.61 Å². The zero-order chi connectivity index (χ0) is 11.4. The molecule has 2 nitrogen and oxygen atoms in total. The van der Waals surface area contributed by atoms with Gasteiger partial charge in [-0.2, -0.15) is 0 Å². The fourth-order valence-electron chi connectivity index (χ4n) is 1.42. The minimum absolute atomic E-state index is 0.580. The van der Waals surface area contributed by atoms with Crippen LogP contribution in [-0.2, 0) is 6.61 Å². The highest BCUT2D eigenvalue weighted by Crippen LogP contribution is 2.18. The Hall–Kier alpha value is -1.35. The van der Waals surface area contributed by atoms with E-state index < -0.39 is 0 Å². The Labute approximate surface area is 103 Å². The number of rotatable bonds is 3. The van der Waals surface area contributed by atoms with Crippen LogP contribution in [0.15, 0.2) is 47.1 Å². The third-order valence-corrected chi connectivity index (χ3v) is 2.55. The monoisotopic (exact) mass is 277 g/mol. The highest BCUT2D eigenvalue weighted by molar-refractivity contribution is 9.10. The van der Waals surface area contributed by atoms with E-state index in [2.05, 4.69) is 20.9 Å². The predicted molar refractivity (Wildman–Crippen MR) is 67.4 cm³/mol. The minimum atomic E-state index is 0.580. The first-order chi connectivity index (χ1) is 7.74. The van der Waals surface area contributed by atoms with Crippen molar-refractivity contribution in [2.24, 2.45) is 0 Å². The first kappa shape index (κ1) is 11.1. The van der Waals surface area contributed by atoms with Crippen molar-refractivity contribution in [2.45, 2.75) is 13.5 Å². The van der Waals surface area contributed by atoms with E-state index in [9.17, 15) is 0 Å². The molecule has 0 aliphatic rings. The lowest BCUT2D eigenvalue weighted by Gasteiger charge is -2.07. The third-order valence-electron chi connectivity index (χ3n) is 2.14. The maximum Gasteiger partial charge on any atom is 0.124 e. The van der Waals surface area contributed by atoms with Gasteiger partial charge in [0.2, 0.25) is 0 Å². The molecule has 0 unspecified atom stereocenters. The van der Waals surface area contributed by atoms with Gasteiger partial charge in [0.1, 0.15) is 17.0 Å². The molecule has 3 heteroatoms. The summed E-state index contributed by atoms with van der Waals surface area (Å²) in [5.74, 6) is 0.836. The minimum Gasteiger partial charge on any atom is -0.489 e. The Morgan fingerprint density at radius 1 is 1.19 bits per heavy atom. The van der Waals surface area contributed by atoms with Gasteiger partial charge in [0.05, 0.1) is 0 Å². The van der Waals surface area contributed by atoms with Crippen LogP contribution in [0.3, 0.4) is 0 Å². The molecule has 0 radical (unpaired) electrons. The average molecular weight is 278 g/mol. The van der Waals surface area contributed by atoms with Crippen LogP contribution in [0.4, 0.5) is 0 Å². The lowest BCUT2D eigenvalue weighted by Crippen LogP contribution is -1.96. The highest BCUT2D eigenvalue weighted by atomic mass is 79.9. The molecule has 1 aromatic heterocycles. The molecule has 0 N–H and O–H groups in total. The quantitative estimate of drug-likeness (QED) is 0.798. The van der Waals surface area contributed by atoms with Crippen LogP contribution in [0, 0.1) is 6.92 Å². The summed E-state index contributed by atoms with van der Waals surface area (Å²) < 4.78 is 6.49. The molecule has 0 aliphatic carbocycles. The van der Waals surface area contributed by atoms with E-state index in [1.807, 2.05) is 49.4 Å². The molecule has 0 saturated carbocycles. The third kappa shape index (κ3) is 3.07. The molecule has 1 heterocycles. The molecule has 0 fully saturated rings. The first-order valence-corrected chi connectivity index (χ1v) is 5.84. The lowest BCUT2D eigenvalue weighted by atomic mass is 10.2. The van der Waals surface area contributed by atoms with Gasteiger partial charge in [-0.1, -0.05) is 30.3 Å². The number of pyridine rings is 1. The summed E-state index contributed by atoms with van der Waals surface area (Å²) in [4.78, 5) is 4.23. The van der Waals surface area contributed by atoms with Gasteiger partial charge in [-0.25, -0.2) is 4.98 Å². The number of hydrogen-bond acceptors (Lipinski definition) is 2. The molecule has 16 heavy (non-hydrogen) atoms. The van der Waals surface area contributed by atoms with Crippen LogP contribution in [0.25, 0.3) is 0 Å². The van der Waals surface area contributed by atoms with Crippen LogP contribution in [0.1, 0.15) is 11.3 Å².